The zero-order valence-electron chi connectivity index (χ0n) is 9.76. The average Bonchev–Trinajstić information content (AvgIpc) is 2.53. The van der Waals surface area contributed by atoms with Crippen molar-refractivity contribution in [1.82, 2.24) is 0 Å². The van der Waals surface area contributed by atoms with E-state index in [9.17, 15) is 4.79 Å². The van der Waals surface area contributed by atoms with Crippen molar-refractivity contribution in [3.63, 3.8) is 0 Å². The Balaban J connectivity index is 2.42. The first-order valence-electron chi connectivity index (χ1n) is 5.71. The lowest BCUT2D eigenvalue weighted by atomic mass is 9.86. The zero-order valence-corrected chi connectivity index (χ0v) is 9.76. The fraction of sp³-hybridized carbons (Fsp3) is 0.500. The van der Waals surface area contributed by atoms with Gasteiger partial charge in [-0.15, -0.1) is 0 Å². The molecule has 0 fully saturated rings. The Kier molecular flexibility index (Phi) is 2.41. The lowest BCUT2D eigenvalue weighted by molar-refractivity contribution is 0.0988. The van der Waals surface area contributed by atoms with E-state index in [1.165, 1.54) is 17.5 Å². The molecule has 1 aliphatic carbocycles. The SMILES string of the molecule is CCC(=O)c1ccc2c(c1)CCC2(C)C. The third-order valence-corrected chi connectivity index (χ3v) is 3.50. The lowest BCUT2D eigenvalue weighted by Gasteiger charge is -2.18. The monoisotopic (exact) mass is 202 g/mol. The minimum Gasteiger partial charge on any atom is -0.294 e. The molecule has 15 heavy (non-hydrogen) atoms. The van der Waals surface area contributed by atoms with E-state index < -0.39 is 0 Å². The molecule has 0 bridgehead atoms. The van der Waals surface area contributed by atoms with Crippen molar-refractivity contribution < 1.29 is 4.79 Å². The first-order chi connectivity index (χ1) is 7.04. The van der Waals surface area contributed by atoms with Crippen molar-refractivity contribution in [1.29, 1.82) is 0 Å². The van der Waals surface area contributed by atoms with Gasteiger partial charge in [0.05, 0.1) is 0 Å². The van der Waals surface area contributed by atoms with E-state index in [4.69, 9.17) is 0 Å². The number of aryl methyl sites for hydroxylation is 1. The van der Waals surface area contributed by atoms with Crippen LogP contribution in [0.2, 0.25) is 0 Å². The van der Waals surface area contributed by atoms with E-state index in [0.29, 0.717) is 11.8 Å². The molecule has 0 aliphatic heterocycles. The van der Waals surface area contributed by atoms with Crippen LogP contribution >= 0.6 is 0 Å². The summed E-state index contributed by atoms with van der Waals surface area (Å²) in [7, 11) is 0. The summed E-state index contributed by atoms with van der Waals surface area (Å²) in [6, 6.07) is 6.22. The molecule has 0 N–H and O–H groups in total. The maximum atomic E-state index is 11.6. The fourth-order valence-corrected chi connectivity index (χ4v) is 2.42. The Morgan fingerprint density at radius 2 is 2.13 bits per heavy atom. The summed E-state index contributed by atoms with van der Waals surface area (Å²) in [5, 5.41) is 0. The van der Waals surface area contributed by atoms with Gasteiger partial charge in [0.1, 0.15) is 0 Å². The van der Waals surface area contributed by atoms with Gasteiger partial charge in [0.25, 0.3) is 0 Å². The molecule has 1 heteroatoms. The summed E-state index contributed by atoms with van der Waals surface area (Å²) >= 11 is 0. The van der Waals surface area contributed by atoms with Gasteiger partial charge in [0, 0.05) is 12.0 Å². The predicted octanol–water partition coefficient (Wildman–Crippen LogP) is 3.50. The second kappa shape index (κ2) is 3.48. The van der Waals surface area contributed by atoms with Crippen LogP contribution in [0.4, 0.5) is 0 Å². The highest BCUT2D eigenvalue weighted by Crippen LogP contribution is 2.38. The quantitative estimate of drug-likeness (QED) is 0.671. The molecule has 0 radical (unpaired) electrons. The molecule has 1 aromatic rings. The smallest absolute Gasteiger partial charge is 0.162 e. The van der Waals surface area contributed by atoms with Gasteiger partial charge in [-0.25, -0.2) is 0 Å². The summed E-state index contributed by atoms with van der Waals surface area (Å²) in [4.78, 5) is 11.6. The van der Waals surface area contributed by atoms with Gasteiger partial charge >= 0.3 is 0 Å². The minimum absolute atomic E-state index is 0.252. The number of ketones is 1. The molecule has 0 atom stereocenters. The molecule has 0 amide bonds. The molecule has 0 spiro atoms. The summed E-state index contributed by atoms with van der Waals surface area (Å²) in [6.45, 7) is 6.47. The highest BCUT2D eigenvalue weighted by atomic mass is 16.1. The second-order valence-electron chi connectivity index (χ2n) is 5.03. The first kappa shape index (κ1) is 10.4. The van der Waals surface area contributed by atoms with Crippen molar-refractivity contribution in [3.05, 3.63) is 34.9 Å². The zero-order chi connectivity index (χ0) is 11.1. The Morgan fingerprint density at radius 1 is 1.40 bits per heavy atom. The Bertz CT molecular complexity index is 402. The Hall–Kier alpha value is -1.11. The maximum absolute atomic E-state index is 11.6. The van der Waals surface area contributed by atoms with Crippen LogP contribution in [0.1, 0.15) is 55.1 Å². The van der Waals surface area contributed by atoms with Crippen LogP contribution in [-0.4, -0.2) is 5.78 Å². The number of rotatable bonds is 2. The number of carbonyl (C=O) groups is 1. The Labute approximate surface area is 91.5 Å². The number of hydrogen-bond donors (Lipinski definition) is 0. The molecular formula is C14H18O. The van der Waals surface area contributed by atoms with E-state index in [1.807, 2.05) is 13.0 Å². The fourth-order valence-electron chi connectivity index (χ4n) is 2.42. The largest absolute Gasteiger partial charge is 0.294 e. The summed E-state index contributed by atoms with van der Waals surface area (Å²) in [5.41, 5.74) is 3.98. The van der Waals surface area contributed by atoms with E-state index in [1.54, 1.807) is 0 Å². The topological polar surface area (TPSA) is 17.1 Å². The van der Waals surface area contributed by atoms with Gasteiger partial charge in [-0.3, -0.25) is 4.79 Å². The third-order valence-electron chi connectivity index (χ3n) is 3.50. The number of hydrogen-bond acceptors (Lipinski definition) is 1. The van der Waals surface area contributed by atoms with Crippen LogP contribution in [0.25, 0.3) is 0 Å². The van der Waals surface area contributed by atoms with Crippen LogP contribution in [0, 0.1) is 0 Å². The average molecular weight is 202 g/mol. The van der Waals surface area contributed by atoms with Crippen LogP contribution in [0.15, 0.2) is 18.2 Å². The summed E-state index contributed by atoms with van der Waals surface area (Å²) in [6.07, 6.45) is 2.92. The molecular weight excluding hydrogens is 184 g/mol. The van der Waals surface area contributed by atoms with Crippen molar-refractivity contribution in [2.45, 2.75) is 45.4 Å². The standard InChI is InChI=1S/C14H18O/c1-4-13(15)11-5-6-12-10(9-11)7-8-14(12,2)3/h5-6,9H,4,7-8H2,1-3H3. The van der Waals surface area contributed by atoms with Crippen molar-refractivity contribution in [3.8, 4) is 0 Å². The van der Waals surface area contributed by atoms with E-state index in [0.717, 1.165) is 12.0 Å². The third kappa shape index (κ3) is 1.71. The number of carbonyl (C=O) groups excluding carboxylic acids is 1. The van der Waals surface area contributed by atoms with Crippen LogP contribution < -0.4 is 0 Å². The van der Waals surface area contributed by atoms with Gasteiger partial charge in [-0.2, -0.15) is 0 Å². The van der Waals surface area contributed by atoms with E-state index in [-0.39, 0.29) is 5.78 Å². The summed E-state index contributed by atoms with van der Waals surface area (Å²) in [5.74, 6) is 0.252. The van der Waals surface area contributed by atoms with Gasteiger partial charge in [-0.05, 0) is 35.4 Å². The highest BCUT2D eigenvalue weighted by Gasteiger charge is 2.29. The van der Waals surface area contributed by atoms with Crippen molar-refractivity contribution in [2.24, 2.45) is 0 Å². The van der Waals surface area contributed by atoms with Crippen molar-refractivity contribution in [2.75, 3.05) is 0 Å². The highest BCUT2D eigenvalue weighted by molar-refractivity contribution is 5.96. The van der Waals surface area contributed by atoms with Crippen LogP contribution in [0.3, 0.4) is 0 Å². The molecule has 0 unspecified atom stereocenters. The normalized spacial score (nSPS) is 17.5. The van der Waals surface area contributed by atoms with Gasteiger partial charge in [0.2, 0.25) is 0 Å². The molecule has 0 heterocycles. The minimum atomic E-state index is 0.252. The molecule has 2 rings (SSSR count). The molecule has 0 saturated carbocycles. The number of Topliss-reactive ketones (excluding diaryl/α,β-unsaturated/α-hetero) is 1. The van der Waals surface area contributed by atoms with E-state index >= 15 is 0 Å². The molecule has 0 saturated heterocycles. The van der Waals surface area contributed by atoms with Gasteiger partial charge in [-0.1, -0.05) is 32.9 Å². The van der Waals surface area contributed by atoms with Gasteiger partial charge in [0.15, 0.2) is 5.78 Å². The van der Waals surface area contributed by atoms with Crippen LogP contribution in [0.5, 0.6) is 0 Å². The number of benzene rings is 1. The van der Waals surface area contributed by atoms with Crippen LogP contribution in [-0.2, 0) is 11.8 Å². The number of fused-ring (bicyclic) bond motifs is 1. The first-order valence-corrected chi connectivity index (χ1v) is 5.71. The molecule has 1 aliphatic rings. The predicted molar refractivity (Wildman–Crippen MR) is 62.4 cm³/mol. The Morgan fingerprint density at radius 3 is 2.80 bits per heavy atom. The molecule has 1 aromatic carbocycles. The van der Waals surface area contributed by atoms with Crippen molar-refractivity contribution >= 4 is 5.78 Å². The molecule has 80 valence electrons. The van der Waals surface area contributed by atoms with E-state index in [2.05, 4.69) is 26.0 Å². The molecule has 0 aromatic heterocycles. The maximum Gasteiger partial charge on any atom is 0.162 e. The molecule has 1 nitrogen and oxygen atoms in total. The van der Waals surface area contributed by atoms with Gasteiger partial charge < -0.3 is 0 Å². The summed E-state index contributed by atoms with van der Waals surface area (Å²) < 4.78 is 0. The lowest BCUT2D eigenvalue weighted by Crippen LogP contribution is -2.11. The second-order valence-corrected chi connectivity index (χ2v) is 5.03.